The molecule has 3 heterocycles. The first-order chi connectivity index (χ1) is 12.9. The van der Waals surface area contributed by atoms with Crippen LogP contribution in [0.4, 0.5) is 0 Å². The SMILES string of the molecule is Cc1cc(C)n(C[C@H](C)CNC(=O)C2CCN(C(=O)c3ccoc3)CC2)n1. The summed E-state index contributed by atoms with van der Waals surface area (Å²) in [7, 11) is 0. The van der Waals surface area contributed by atoms with E-state index in [-0.39, 0.29) is 17.7 Å². The summed E-state index contributed by atoms with van der Waals surface area (Å²) >= 11 is 0. The second-order valence-corrected chi connectivity index (χ2v) is 7.54. The van der Waals surface area contributed by atoms with Crippen LogP contribution in [0.15, 0.2) is 29.1 Å². The van der Waals surface area contributed by atoms with Crippen LogP contribution in [-0.2, 0) is 11.3 Å². The predicted octanol–water partition coefficient (Wildman–Crippen LogP) is 2.40. The van der Waals surface area contributed by atoms with Gasteiger partial charge in [-0.05, 0) is 44.7 Å². The summed E-state index contributed by atoms with van der Waals surface area (Å²) in [5, 5.41) is 7.54. The van der Waals surface area contributed by atoms with Crippen LogP contribution in [0.25, 0.3) is 0 Å². The molecule has 7 heteroatoms. The first-order valence-corrected chi connectivity index (χ1v) is 9.54. The van der Waals surface area contributed by atoms with E-state index in [0.717, 1.165) is 17.9 Å². The third-order valence-corrected chi connectivity index (χ3v) is 5.13. The van der Waals surface area contributed by atoms with Crippen molar-refractivity contribution in [3.63, 3.8) is 0 Å². The number of piperidine rings is 1. The van der Waals surface area contributed by atoms with Gasteiger partial charge in [0.25, 0.3) is 5.91 Å². The lowest BCUT2D eigenvalue weighted by Crippen LogP contribution is -2.43. The zero-order valence-corrected chi connectivity index (χ0v) is 16.3. The molecule has 146 valence electrons. The maximum absolute atomic E-state index is 12.5. The zero-order chi connectivity index (χ0) is 19.4. The van der Waals surface area contributed by atoms with Gasteiger partial charge in [0.2, 0.25) is 5.91 Å². The Bertz CT molecular complexity index is 773. The number of aryl methyl sites for hydroxylation is 2. The van der Waals surface area contributed by atoms with E-state index in [1.807, 2.05) is 18.5 Å². The molecule has 1 aliphatic heterocycles. The standard InChI is InChI=1S/C20H28N4O3/c1-14(12-24-16(3)10-15(2)22-24)11-21-19(25)17-4-7-23(8-5-17)20(26)18-6-9-27-13-18/h6,9-10,13-14,17H,4-5,7-8,11-12H2,1-3H3,(H,21,25)/t14-/m1/s1. The molecule has 1 atom stereocenters. The topological polar surface area (TPSA) is 80.4 Å². The molecule has 0 bridgehead atoms. The molecule has 0 saturated carbocycles. The molecule has 1 fully saturated rings. The Morgan fingerprint density at radius 1 is 1.33 bits per heavy atom. The highest BCUT2D eigenvalue weighted by Gasteiger charge is 2.28. The first-order valence-electron chi connectivity index (χ1n) is 9.54. The minimum Gasteiger partial charge on any atom is -0.472 e. The molecule has 27 heavy (non-hydrogen) atoms. The molecule has 0 unspecified atom stereocenters. The third kappa shape index (κ3) is 4.78. The number of rotatable bonds is 6. The van der Waals surface area contributed by atoms with E-state index in [2.05, 4.69) is 23.4 Å². The number of hydrogen-bond acceptors (Lipinski definition) is 4. The minimum atomic E-state index is -0.0284. The lowest BCUT2D eigenvalue weighted by molar-refractivity contribution is -0.126. The number of nitrogens with zero attached hydrogens (tertiary/aromatic N) is 3. The van der Waals surface area contributed by atoms with Crippen LogP contribution in [0.1, 0.15) is 41.5 Å². The van der Waals surface area contributed by atoms with Crippen molar-refractivity contribution < 1.29 is 14.0 Å². The number of amides is 2. The number of nitrogens with one attached hydrogen (secondary N) is 1. The minimum absolute atomic E-state index is 0.0267. The molecule has 2 aromatic heterocycles. The second kappa shape index (κ2) is 8.41. The van der Waals surface area contributed by atoms with Gasteiger partial charge in [-0.3, -0.25) is 14.3 Å². The number of likely N-dealkylation sites (tertiary alicyclic amines) is 1. The van der Waals surface area contributed by atoms with Gasteiger partial charge in [-0.2, -0.15) is 5.10 Å². The van der Waals surface area contributed by atoms with Crippen molar-refractivity contribution in [2.24, 2.45) is 11.8 Å². The largest absolute Gasteiger partial charge is 0.472 e. The smallest absolute Gasteiger partial charge is 0.257 e. The normalized spacial score (nSPS) is 16.3. The highest BCUT2D eigenvalue weighted by atomic mass is 16.3. The van der Waals surface area contributed by atoms with Crippen molar-refractivity contribution in [3.05, 3.63) is 41.6 Å². The highest BCUT2D eigenvalue weighted by Crippen LogP contribution is 2.19. The molecule has 1 aliphatic rings. The molecular weight excluding hydrogens is 344 g/mol. The van der Waals surface area contributed by atoms with Crippen LogP contribution in [0, 0.1) is 25.7 Å². The molecule has 7 nitrogen and oxygen atoms in total. The molecule has 1 N–H and O–H groups in total. The van der Waals surface area contributed by atoms with Gasteiger partial charge < -0.3 is 14.6 Å². The lowest BCUT2D eigenvalue weighted by Gasteiger charge is -2.31. The second-order valence-electron chi connectivity index (χ2n) is 7.54. The van der Waals surface area contributed by atoms with E-state index in [1.165, 1.54) is 12.5 Å². The fraction of sp³-hybridized carbons (Fsp3) is 0.550. The van der Waals surface area contributed by atoms with Gasteiger partial charge in [0.1, 0.15) is 6.26 Å². The molecule has 1 saturated heterocycles. The molecular formula is C20H28N4O3. The monoisotopic (exact) mass is 372 g/mol. The summed E-state index contributed by atoms with van der Waals surface area (Å²) in [6, 6.07) is 3.73. The molecule has 2 aromatic rings. The highest BCUT2D eigenvalue weighted by molar-refractivity contribution is 5.94. The third-order valence-electron chi connectivity index (χ3n) is 5.13. The molecule has 2 amide bonds. The average molecular weight is 372 g/mol. The van der Waals surface area contributed by atoms with Crippen LogP contribution in [0.2, 0.25) is 0 Å². The Morgan fingerprint density at radius 3 is 2.67 bits per heavy atom. The summed E-state index contributed by atoms with van der Waals surface area (Å²) in [4.78, 5) is 26.6. The quantitative estimate of drug-likeness (QED) is 0.844. The maximum Gasteiger partial charge on any atom is 0.257 e. The summed E-state index contributed by atoms with van der Waals surface area (Å²) in [6.07, 6.45) is 4.36. The van der Waals surface area contributed by atoms with Gasteiger partial charge >= 0.3 is 0 Å². The number of aromatic nitrogens is 2. The molecule has 0 aromatic carbocycles. The van der Waals surface area contributed by atoms with Crippen molar-refractivity contribution in [1.29, 1.82) is 0 Å². The van der Waals surface area contributed by atoms with Gasteiger partial charge in [-0.1, -0.05) is 6.92 Å². The summed E-state index contributed by atoms with van der Waals surface area (Å²) in [5.41, 5.74) is 2.72. The summed E-state index contributed by atoms with van der Waals surface area (Å²) in [6.45, 7) is 8.77. The fourth-order valence-electron chi connectivity index (χ4n) is 3.55. The maximum atomic E-state index is 12.5. The predicted molar refractivity (Wildman–Crippen MR) is 101 cm³/mol. The summed E-state index contributed by atoms with van der Waals surface area (Å²) < 4.78 is 6.97. The average Bonchev–Trinajstić information content (AvgIpc) is 3.29. The fourth-order valence-corrected chi connectivity index (χ4v) is 3.55. The van der Waals surface area contributed by atoms with Crippen LogP contribution >= 0.6 is 0 Å². The van der Waals surface area contributed by atoms with Crippen molar-refractivity contribution in [1.82, 2.24) is 20.0 Å². The van der Waals surface area contributed by atoms with E-state index in [4.69, 9.17) is 4.42 Å². The van der Waals surface area contributed by atoms with E-state index < -0.39 is 0 Å². The lowest BCUT2D eigenvalue weighted by atomic mass is 9.95. The zero-order valence-electron chi connectivity index (χ0n) is 16.3. The van der Waals surface area contributed by atoms with Gasteiger partial charge in [0.05, 0.1) is 17.5 Å². The van der Waals surface area contributed by atoms with Crippen LogP contribution in [0.5, 0.6) is 0 Å². The van der Waals surface area contributed by atoms with Crippen molar-refractivity contribution in [2.75, 3.05) is 19.6 Å². The van der Waals surface area contributed by atoms with E-state index in [0.29, 0.717) is 44.0 Å². The van der Waals surface area contributed by atoms with Gasteiger partial charge in [0.15, 0.2) is 0 Å². The summed E-state index contributed by atoms with van der Waals surface area (Å²) in [5.74, 6) is 0.334. The molecule has 0 aliphatic carbocycles. The van der Waals surface area contributed by atoms with E-state index >= 15 is 0 Å². The Labute approximate surface area is 159 Å². The Morgan fingerprint density at radius 2 is 2.07 bits per heavy atom. The van der Waals surface area contributed by atoms with Crippen LogP contribution < -0.4 is 5.32 Å². The number of carbonyl (C=O) groups excluding carboxylic acids is 2. The Balaban J connectivity index is 1.41. The van der Waals surface area contributed by atoms with Crippen molar-refractivity contribution >= 4 is 11.8 Å². The van der Waals surface area contributed by atoms with E-state index in [1.54, 1.807) is 11.0 Å². The van der Waals surface area contributed by atoms with Crippen LogP contribution in [0.3, 0.4) is 0 Å². The molecule has 3 rings (SSSR count). The Hall–Kier alpha value is -2.57. The number of furan rings is 1. The van der Waals surface area contributed by atoms with E-state index in [9.17, 15) is 9.59 Å². The number of hydrogen-bond donors (Lipinski definition) is 1. The van der Waals surface area contributed by atoms with Gasteiger partial charge in [0, 0.05) is 37.8 Å². The Kier molecular flexibility index (Phi) is 5.98. The molecule has 0 spiro atoms. The van der Waals surface area contributed by atoms with Crippen molar-refractivity contribution in [2.45, 2.75) is 40.2 Å². The van der Waals surface area contributed by atoms with Gasteiger partial charge in [-0.25, -0.2) is 0 Å². The van der Waals surface area contributed by atoms with Crippen molar-refractivity contribution in [3.8, 4) is 0 Å². The van der Waals surface area contributed by atoms with Crippen LogP contribution in [-0.4, -0.2) is 46.1 Å². The first kappa shape index (κ1) is 19.2. The molecule has 0 radical (unpaired) electrons. The number of carbonyl (C=O) groups is 2. The van der Waals surface area contributed by atoms with Gasteiger partial charge in [-0.15, -0.1) is 0 Å².